The fraction of sp³-hybridized carbons (Fsp3) is 0.0500. The van der Waals surface area contributed by atoms with Gasteiger partial charge in [-0.1, -0.05) is 48.2 Å². The molecule has 4 heterocycles. The van der Waals surface area contributed by atoms with Gasteiger partial charge in [-0.25, -0.2) is 15.0 Å². The SMILES string of the molecule is c1ccc(-c2cc3c(SCc4coc(-c5cccs5)n4)ncnc3s2)cc1. The zero-order valence-electron chi connectivity index (χ0n) is 14.0. The van der Waals surface area contributed by atoms with E-state index in [9.17, 15) is 0 Å². The standard InChI is InChI=1S/C20H13N3OS3/c1-2-5-13(6-3-1)17-9-15-19(21-12-22-20(15)27-17)26-11-14-10-24-18(23-14)16-7-4-8-25-16/h1-10,12H,11H2. The van der Waals surface area contributed by atoms with E-state index in [-0.39, 0.29) is 0 Å². The van der Waals surface area contributed by atoms with Crippen LogP contribution in [-0.4, -0.2) is 15.0 Å². The van der Waals surface area contributed by atoms with Crippen LogP contribution in [-0.2, 0) is 5.75 Å². The summed E-state index contributed by atoms with van der Waals surface area (Å²) in [7, 11) is 0. The molecule has 0 amide bonds. The van der Waals surface area contributed by atoms with E-state index in [0.29, 0.717) is 11.6 Å². The quantitative estimate of drug-likeness (QED) is 0.250. The van der Waals surface area contributed by atoms with Crippen LogP contribution in [0.4, 0.5) is 0 Å². The summed E-state index contributed by atoms with van der Waals surface area (Å²) in [5, 5.41) is 4.08. The summed E-state index contributed by atoms with van der Waals surface area (Å²) in [5.74, 6) is 1.38. The first-order valence-corrected chi connectivity index (χ1v) is 11.0. The number of fused-ring (bicyclic) bond motifs is 1. The van der Waals surface area contributed by atoms with Crippen molar-refractivity contribution in [2.24, 2.45) is 0 Å². The number of rotatable bonds is 5. The topological polar surface area (TPSA) is 51.8 Å². The summed E-state index contributed by atoms with van der Waals surface area (Å²) in [5.41, 5.74) is 2.11. The van der Waals surface area contributed by atoms with Crippen LogP contribution >= 0.6 is 34.4 Å². The zero-order chi connectivity index (χ0) is 18.1. The van der Waals surface area contributed by atoms with Crippen LogP contribution < -0.4 is 0 Å². The smallest absolute Gasteiger partial charge is 0.236 e. The summed E-state index contributed by atoms with van der Waals surface area (Å²) in [6, 6.07) is 16.6. The molecule has 0 radical (unpaired) electrons. The Morgan fingerprint density at radius 2 is 1.93 bits per heavy atom. The van der Waals surface area contributed by atoms with Gasteiger partial charge in [-0.3, -0.25) is 0 Å². The van der Waals surface area contributed by atoms with E-state index in [0.717, 1.165) is 25.8 Å². The Bertz CT molecular complexity index is 1180. The Hall–Kier alpha value is -2.48. The molecule has 4 aromatic heterocycles. The molecule has 0 aliphatic carbocycles. The number of oxazole rings is 1. The molecule has 4 nitrogen and oxygen atoms in total. The molecule has 1 aromatic carbocycles. The van der Waals surface area contributed by atoms with Crippen molar-refractivity contribution in [3.63, 3.8) is 0 Å². The van der Waals surface area contributed by atoms with Crippen molar-refractivity contribution in [1.29, 1.82) is 0 Å². The van der Waals surface area contributed by atoms with Gasteiger partial charge in [-0.05, 0) is 23.1 Å². The first-order chi connectivity index (χ1) is 13.4. The lowest BCUT2D eigenvalue weighted by molar-refractivity contribution is 0.575. The van der Waals surface area contributed by atoms with Gasteiger partial charge < -0.3 is 4.42 Å². The highest BCUT2D eigenvalue weighted by Crippen LogP contribution is 2.37. The monoisotopic (exact) mass is 407 g/mol. The molecule has 0 saturated heterocycles. The van der Waals surface area contributed by atoms with E-state index >= 15 is 0 Å². The Kier molecular flexibility index (Phi) is 4.49. The largest absolute Gasteiger partial charge is 0.444 e. The minimum Gasteiger partial charge on any atom is -0.444 e. The van der Waals surface area contributed by atoms with Gasteiger partial charge in [-0.15, -0.1) is 22.7 Å². The molecule has 132 valence electrons. The van der Waals surface area contributed by atoms with Gasteiger partial charge in [0.1, 0.15) is 22.4 Å². The third-order valence-electron chi connectivity index (χ3n) is 3.99. The molecular weight excluding hydrogens is 394 g/mol. The molecule has 0 N–H and O–H groups in total. The van der Waals surface area contributed by atoms with E-state index < -0.39 is 0 Å². The van der Waals surface area contributed by atoms with Crippen molar-refractivity contribution in [3.05, 3.63) is 72.2 Å². The zero-order valence-corrected chi connectivity index (χ0v) is 16.5. The van der Waals surface area contributed by atoms with Crippen molar-refractivity contribution in [2.75, 3.05) is 0 Å². The molecule has 0 saturated carbocycles. The van der Waals surface area contributed by atoms with Crippen LogP contribution in [0.25, 0.3) is 31.4 Å². The van der Waals surface area contributed by atoms with Crippen molar-refractivity contribution in [3.8, 4) is 21.2 Å². The molecule has 0 spiro atoms. The maximum absolute atomic E-state index is 5.60. The van der Waals surface area contributed by atoms with Crippen molar-refractivity contribution in [2.45, 2.75) is 10.8 Å². The van der Waals surface area contributed by atoms with E-state index in [1.807, 2.05) is 23.6 Å². The molecule has 0 unspecified atom stereocenters. The highest BCUT2D eigenvalue weighted by molar-refractivity contribution is 7.98. The van der Waals surface area contributed by atoms with Gasteiger partial charge in [0.05, 0.1) is 10.6 Å². The fourth-order valence-electron chi connectivity index (χ4n) is 2.72. The molecule has 7 heteroatoms. The number of thiophene rings is 2. The average molecular weight is 408 g/mol. The first-order valence-electron chi connectivity index (χ1n) is 8.28. The van der Waals surface area contributed by atoms with E-state index in [1.54, 1.807) is 47.0 Å². The van der Waals surface area contributed by atoms with E-state index in [4.69, 9.17) is 4.42 Å². The van der Waals surface area contributed by atoms with Gasteiger partial charge in [0.15, 0.2) is 0 Å². The van der Waals surface area contributed by atoms with Crippen LogP contribution in [0.2, 0.25) is 0 Å². The summed E-state index contributed by atoms with van der Waals surface area (Å²) >= 11 is 4.97. The normalized spacial score (nSPS) is 11.3. The van der Waals surface area contributed by atoms with Crippen LogP contribution in [0.1, 0.15) is 5.69 Å². The minimum absolute atomic E-state index is 0.676. The average Bonchev–Trinajstić information content (AvgIpc) is 3.47. The number of hydrogen-bond acceptors (Lipinski definition) is 7. The molecule has 0 atom stereocenters. The van der Waals surface area contributed by atoms with Crippen LogP contribution in [0.3, 0.4) is 0 Å². The van der Waals surface area contributed by atoms with Gasteiger partial charge in [0, 0.05) is 16.0 Å². The number of hydrogen-bond donors (Lipinski definition) is 0. The molecule has 0 aliphatic heterocycles. The summed E-state index contributed by atoms with van der Waals surface area (Å²) in [6.45, 7) is 0. The van der Waals surface area contributed by atoms with Gasteiger partial charge >= 0.3 is 0 Å². The van der Waals surface area contributed by atoms with Crippen molar-refractivity contribution in [1.82, 2.24) is 15.0 Å². The molecule has 0 bridgehead atoms. The van der Waals surface area contributed by atoms with Crippen molar-refractivity contribution < 1.29 is 4.42 Å². The third-order valence-corrected chi connectivity index (χ3v) is 6.98. The number of nitrogens with zero attached hydrogens (tertiary/aromatic N) is 3. The lowest BCUT2D eigenvalue weighted by Gasteiger charge is -1.99. The Labute approximate surface area is 168 Å². The molecule has 0 fully saturated rings. The predicted octanol–water partition coefficient (Wildman–Crippen LogP) is 6.37. The van der Waals surface area contributed by atoms with Crippen LogP contribution in [0.15, 0.2) is 75.9 Å². The summed E-state index contributed by atoms with van der Waals surface area (Å²) in [6.07, 6.45) is 3.36. The van der Waals surface area contributed by atoms with Gasteiger partial charge in [0.2, 0.25) is 5.89 Å². The Morgan fingerprint density at radius 1 is 1.00 bits per heavy atom. The third kappa shape index (κ3) is 3.41. The maximum atomic E-state index is 5.60. The second-order valence-corrected chi connectivity index (χ2v) is 8.73. The van der Waals surface area contributed by atoms with Crippen LogP contribution in [0, 0.1) is 0 Å². The molecule has 27 heavy (non-hydrogen) atoms. The lowest BCUT2D eigenvalue weighted by atomic mass is 10.2. The molecular formula is C20H13N3OS3. The first kappa shape index (κ1) is 16.7. The highest BCUT2D eigenvalue weighted by atomic mass is 32.2. The van der Waals surface area contributed by atoms with Crippen molar-refractivity contribution >= 4 is 44.7 Å². The Balaban J connectivity index is 1.40. The second kappa shape index (κ2) is 7.26. The number of aromatic nitrogens is 3. The lowest BCUT2D eigenvalue weighted by Crippen LogP contribution is -1.85. The second-order valence-electron chi connectivity index (χ2n) is 5.78. The molecule has 5 rings (SSSR count). The highest BCUT2D eigenvalue weighted by Gasteiger charge is 2.12. The van der Waals surface area contributed by atoms with Crippen LogP contribution in [0.5, 0.6) is 0 Å². The van der Waals surface area contributed by atoms with E-state index in [1.165, 1.54) is 10.4 Å². The minimum atomic E-state index is 0.676. The summed E-state index contributed by atoms with van der Waals surface area (Å²) in [4.78, 5) is 16.8. The fourth-order valence-corrected chi connectivity index (χ4v) is 5.30. The number of benzene rings is 1. The molecule has 5 aromatic rings. The molecule has 0 aliphatic rings. The predicted molar refractivity (Wildman–Crippen MR) is 112 cm³/mol. The number of thioether (sulfide) groups is 1. The van der Waals surface area contributed by atoms with E-state index in [2.05, 4.69) is 45.3 Å². The Morgan fingerprint density at radius 3 is 2.78 bits per heavy atom. The summed E-state index contributed by atoms with van der Waals surface area (Å²) < 4.78 is 5.60. The van der Waals surface area contributed by atoms with Gasteiger partial charge in [0.25, 0.3) is 0 Å². The maximum Gasteiger partial charge on any atom is 0.236 e. The van der Waals surface area contributed by atoms with Gasteiger partial charge in [-0.2, -0.15) is 0 Å².